The van der Waals surface area contributed by atoms with E-state index in [-0.39, 0.29) is 24.5 Å². The van der Waals surface area contributed by atoms with Crippen LogP contribution in [0.1, 0.15) is 34.7 Å². The van der Waals surface area contributed by atoms with E-state index in [0.717, 1.165) is 62.3 Å². The summed E-state index contributed by atoms with van der Waals surface area (Å²) in [4.78, 5) is 21.0. The molecule has 4 rings (SSSR count). The zero-order valence-corrected chi connectivity index (χ0v) is 18.2. The van der Waals surface area contributed by atoms with Crippen molar-refractivity contribution < 1.29 is 14.7 Å². The maximum atomic E-state index is 10.9. The maximum absolute atomic E-state index is 10.9. The molecule has 2 atom stereocenters. The number of hydrogen-bond acceptors (Lipinski definition) is 6. The van der Waals surface area contributed by atoms with E-state index in [1.165, 1.54) is 5.56 Å². The Balaban J connectivity index is 1.36. The van der Waals surface area contributed by atoms with E-state index in [0.29, 0.717) is 0 Å². The molecule has 2 fully saturated rings. The Labute approximate surface area is 188 Å². The first-order valence-corrected chi connectivity index (χ1v) is 11.1. The lowest BCUT2D eigenvalue weighted by molar-refractivity contribution is -0.138. The van der Waals surface area contributed by atoms with Crippen LogP contribution in [0.4, 0.5) is 0 Å². The van der Waals surface area contributed by atoms with Gasteiger partial charge in [0.05, 0.1) is 18.7 Å². The molecule has 5 N–H and O–H groups in total. The van der Waals surface area contributed by atoms with E-state index in [2.05, 4.69) is 34.6 Å². The molecule has 32 heavy (non-hydrogen) atoms. The van der Waals surface area contributed by atoms with Crippen molar-refractivity contribution in [3.05, 3.63) is 70.8 Å². The highest BCUT2D eigenvalue weighted by Crippen LogP contribution is 2.29. The first kappa shape index (κ1) is 22.4. The molecule has 0 saturated carbocycles. The molecular weight excluding hydrogens is 406 g/mol. The van der Waals surface area contributed by atoms with Gasteiger partial charge in [-0.05, 0) is 35.6 Å². The molecule has 2 aromatic rings. The fourth-order valence-electron chi connectivity index (χ4n) is 4.53. The normalized spacial score (nSPS) is 22.1. The van der Waals surface area contributed by atoms with E-state index >= 15 is 0 Å². The molecule has 8 nitrogen and oxygen atoms in total. The number of nitrogens with two attached hydrogens (primary N) is 1. The maximum Gasteiger partial charge on any atom is 0.317 e. The summed E-state index contributed by atoms with van der Waals surface area (Å²) in [6.45, 7) is 4.09. The molecule has 0 radical (unpaired) electrons. The lowest BCUT2D eigenvalue weighted by atomic mass is 9.93. The summed E-state index contributed by atoms with van der Waals surface area (Å²) < 4.78 is 0. The molecule has 0 amide bonds. The molecule has 0 bridgehead atoms. The highest BCUT2D eigenvalue weighted by Gasteiger charge is 2.31. The first-order valence-electron chi connectivity index (χ1n) is 11.1. The van der Waals surface area contributed by atoms with E-state index in [1.54, 1.807) is 0 Å². The molecular formula is C24H31N5O3. The van der Waals surface area contributed by atoms with Gasteiger partial charge in [-0.1, -0.05) is 42.5 Å². The van der Waals surface area contributed by atoms with Crippen LogP contribution < -0.4 is 11.2 Å². The van der Waals surface area contributed by atoms with E-state index < -0.39 is 5.97 Å². The summed E-state index contributed by atoms with van der Waals surface area (Å²) in [6, 6.07) is 16.4. The third kappa shape index (κ3) is 5.72. The summed E-state index contributed by atoms with van der Waals surface area (Å²) in [5, 5.41) is 17.0. The van der Waals surface area contributed by atoms with Gasteiger partial charge in [0.15, 0.2) is 0 Å². The minimum Gasteiger partial charge on any atom is -0.480 e. The third-order valence-electron chi connectivity index (χ3n) is 6.20. The fraction of sp³-hybridized carbons (Fsp3) is 0.417. The van der Waals surface area contributed by atoms with Gasteiger partial charge in [0.25, 0.3) is 0 Å². The standard InChI is InChI=1S/C24H31N5O3/c25-24(26)21-13-18(12-17-4-2-1-3-5-17)6-7-20(21)22-14-19(32-27-22)15-28-8-10-29(11-9-28)16-23(30)31/h1-7,13,19,22,27H,8-12,14-16H2,(H3,25,26)(H,30,31). The van der Waals surface area contributed by atoms with Gasteiger partial charge in [0.2, 0.25) is 0 Å². The monoisotopic (exact) mass is 437 g/mol. The van der Waals surface area contributed by atoms with Gasteiger partial charge < -0.3 is 10.8 Å². The Bertz CT molecular complexity index is 944. The van der Waals surface area contributed by atoms with Gasteiger partial charge >= 0.3 is 5.97 Å². The summed E-state index contributed by atoms with van der Waals surface area (Å²) in [5.74, 6) is -0.713. The lowest BCUT2D eigenvalue weighted by Gasteiger charge is -2.34. The molecule has 0 aliphatic carbocycles. The van der Waals surface area contributed by atoms with Crippen molar-refractivity contribution in [3.8, 4) is 0 Å². The van der Waals surface area contributed by atoms with Crippen LogP contribution in [0.3, 0.4) is 0 Å². The number of carboxylic acids is 1. The van der Waals surface area contributed by atoms with E-state index in [9.17, 15) is 4.79 Å². The summed E-state index contributed by atoms with van der Waals surface area (Å²) in [5.41, 5.74) is 13.2. The number of carboxylic acid groups (broad SMARTS) is 1. The molecule has 2 heterocycles. The Hall–Kier alpha value is -2.78. The molecule has 2 aliphatic heterocycles. The number of aliphatic carboxylic acids is 1. The number of nitrogens with one attached hydrogen (secondary N) is 2. The number of amidine groups is 1. The highest BCUT2D eigenvalue weighted by molar-refractivity contribution is 5.96. The van der Waals surface area contributed by atoms with Gasteiger partial charge in [0.1, 0.15) is 5.84 Å². The quantitative estimate of drug-likeness (QED) is 0.366. The Morgan fingerprint density at radius 1 is 1.09 bits per heavy atom. The average Bonchev–Trinajstić information content (AvgIpc) is 3.24. The smallest absolute Gasteiger partial charge is 0.317 e. The van der Waals surface area contributed by atoms with Crippen molar-refractivity contribution in [3.63, 3.8) is 0 Å². The van der Waals surface area contributed by atoms with Gasteiger partial charge in [-0.25, -0.2) is 0 Å². The SMILES string of the molecule is N=C(N)c1cc(Cc2ccccc2)ccc1C1CC(CN2CCN(CC(=O)O)CC2)ON1. The van der Waals surface area contributed by atoms with Crippen LogP contribution in [0.15, 0.2) is 48.5 Å². The van der Waals surface area contributed by atoms with Crippen molar-refractivity contribution in [2.45, 2.75) is 25.0 Å². The van der Waals surface area contributed by atoms with Crippen molar-refractivity contribution in [1.82, 2.24) is 15.3 Å². The lowest BCUT2D eigenvalue weighted by Crippen LogP contribution is -2.49. The zero-order valence-electron chi connectivity index (χ0n) is 18.2. The topological polar surface area (TPSA) is 115 Å². The highest BCUT2D eigenvalue weighted by atomic mass is 16.7. The number of piperazine rings is 1. The second-order valence-electron chi connectivity index (χ2n) is 8.61. The number of hydroxylamine groups is 1. The van der Waals surface area contributed by atoms with Crippen LogP contribution in [0, 0.1) is 5.41 Å². The molecule has 2 aromatic carbocycles. The molecule has 0 aromatic heterocycles. The van der Waals surface area contributed by atoms with Gasteiger partial charge in [-0.15, -0.1) is 0 Å². The third-order valence-corrected chi connectivity index (χ3v) is 6.20. The fourth-order valence-corrected chi connectivity index (χ4v) is 4.53. The second-order valence-corrected chi connectivity index (χ2v) is 8.61. The van der Waals surface area contributed by atoms with Gasteiger partial charge in [-0.2, -0.15) is 5.48 Å². The number of nitrogens with zero attached hydrogens (tertiary/aromatic N) is 2. The van der Waals surface area contributed by atoms with E-state index in [4.69, 9.17) is 21.1 Å². The van der Waals surface area contributed by atoms with Gasteiger partial charge in [-0.3, -0.25) is 24.8 Å². The van der Waals surface area contributed by atoms with Crippen molar-refractivity contribution >= 4 is 11.8 Å². The minimum atomic E-state index is -0.777. The Morgan fingerprint density at radius 3 is 2.50 bits per heavy atom. The molecule has 170 valence electrons. The van der Waals surface area contributed by atoms with Crippen LogP contribution in [0.5, 0.6) is 0 Å². The summed E-state index contributed by atoms with van der Waals surface area (Å²) >= 11 is 0. The zero-order chi connectivity index (χ0) is 22.5. The van der Waals surface area contributed by atoms with Crippen molar-refractivity contribution in [2.24, 2.45) is 5.73 Å². The van der Waals surface area contributed by atoms with Crippen LogP contribution in [0.25, 0.3) is 0 Å². The van der Waals surface area contributed by atoms with E-state index in [1.807, 2.05) is 29.2 Å². The van der Waals surface area contributed by atoms with Crippen molar-refractivity contribution in [1.29, 1.82) is 5.41 Å². The van der Waals surface area contributed by atoms with Crippen LogP contribution in [0.2, 0.25) is 0 Å². The summed E-state index contributed by atoms with van der Waals surface area (Å²) in [7, 11) is 0. The number of hydrogen-bond donors (Lipinski definition) is 4. The molecule has 0 spiro atoms. The first-order chi connectivity index (χ1) is 15.5. The average molecular weight is 438 g/mol. The van der Waals surface area contributed by atoms with Gasteiger partial charge in [0, 0.05) is 38.3 Å². The predicted octanol–water partition coefficient (Wildman–Crippen LogP) is 1.60. The van der Waals surface area contributed by atoms with Crippen molar-refractivity contribution in [2.75, 3.05) is 39.3 Å². The number of benzene rings is 2. The second kappa shape index (κ2) is 10.2. The predicted molar refractivity (Wildman–Crippen MR) is 123 cm³/mol. The Kier molecular flexibility index (Phi) is 7.16. The van der Waals surface area contributed by atoms with Crippen LogP contribution in [-0.2, 0) is 16.1 Å². The number of carbonyl (C=O) groups is 1. The molecule has 2 aliphatic rings. The minimum absolute atomic E-state index is 0.0158. The largest absolute Gasteiger partial charge is 0.480 e. The summed E-state index contributed by atoms with van der Waals surface area (Å²) in [6.07, 6.45) is 1.63. The van der Waals surface area contributed by atoms with Crippen LogP contribution >= 0.6 is 0 Å². The number of nitrogen functional groups attached to an aromatic ring is 1. The Morgan fingerprint density at radius 2 is 1.81 bits per heavy atom. The molecule has 8 heteroatoms. The molecule has 2 saturated heterocycles. The molecule has 2 unspecified atom stereocenters. The number of rotatable bonds is 8. The van der Waals surface area contributed by atoms with Crippen LogP contribution in [-0.4, -0.2) is 72.1 Å².